The van der Waals surface area contributed by atoms with Gasteiger partial charge in [-0.15, -0.1) is 0 Å². The molecule has 0 fully saturated rings. The van der Waals surface area contributed by atoms with Crippen LogP contribution < -0.4 is 10.9 Å². The summed E-state index contributed by atoms with van der Waals surface area (Å²) in [6.45, 7) is 0. The molecule has 0 radical (unpaired) electrons. The van der Waals surface area contributed by atoms with Crippen LogP contribution >= 0.6 is 34.8 Å². The molecule has 0 aliphatic heterocycles. The molecular weight excluding hydrogens is 450 g/mol. The summed E-state index contributed by atoms with van der Waals surface area (Å²) < 4.78 is 12.8. The highest BCUT2D eigenvalue weighted by molar-refractivity contribution is 6.68. The van der Waals surface area contributed by atoms with Crippen molar-refractivity contribution in [3.05, 3.63) is 94.7 Å². The summed E-state index contributed by atoms with van der Waals surface area (Å²) >= 11 is 18.8. The van der Waals surface area contributed by atoms with Crippen molar-refractivity contribution in [2.75, 3.05) is 5.32 Å². The van der Waals surface area contributed by atoms with Gasteiger partial charge in [-0.1, -0.05) is 65.1 Å². The Balaban J connectivity index is 1.91. The predicted octanol–water partition coefficient (Wildman–Crippen LogP) is 5.63. The minimum Gasteiger partial charge on any atom is -0.324 e. The fraction of sp³-hybridized carbons (Fsp3) is 0.0952. The van der Waals surface area contributed by atoms with E-state index in [4.69, 9.17) is 34.8 Å². The van der Waals surface area contributed by atoms with Crippen LogP contribution in [0.2, 0.25) is 0 Å². The summed E-state index contributed by atoms with van der Waals surface area (Å²) in [7, 11) is 0. The number of fused-ring (bicyclic) bond motifs is 1. The second kappa shape index (κ2) is 8.22. The first-order valence-corrected chi connectivity index (χ1v) is 9.99. The van der Waals surface area contributed by atoms with Gasteiger partial charge in [0.1, 0.15) is 17.5 Å². The van der Waals surface area contributed by atoms with Crippen LogP contribution in [0.25, 0.3) is 11.0 Å². The highest BCUT2D eigenvalue weighted by atomic mass is 35.6. The normalized spacial score (nSPS) is 12.7. The van der Waals surface area contributed by atoms with E-state index in [1.807, 2.05) is 30.3 Å². The molecule has 0 bridgehead atoms. The first kappa shape index (κ1) is 20.6. The van der Waals surface area contributed by atoms with Crippen LogP contribution in [0, 0.1) is 5.82 Å². The van der Waals surface area contributed by atoms with Gasteiger partial charge in [-0.25, -0.2) is 9.37 Å². The second-order valence-electron chi connectivity index (χ2n) is 6.50. The third kappa shape index (κ3) is 4.26. The molecule has 1 unspecified atom stereocenters. The molecule has 30 heavy (non-hydrogen) atoms. The minimum absolute atomic E-state index is 0.273. The lowest BCUT2D eigenvalue weighted by Crippen LogP contribution is -2.33. The fourth-order valence-corrected chi connectivity index (χ4v) is 3.80. The van der Waals surface area contributed by atoms with Crippen molar-refractivity contribution in [1.82, 2.24) is 14.5 Å². The zero-order valence-electron chi connectivity index (χ0n) is 15.3. The third-order valence-electron chi connectivity index (χ3n) is 4.45. The lowest BCUT2D eigenvalue weighted by Gasteiger charge is -2.28. The number of alkyl halides is 3. The first-order valence-electron chi connectivity index (χ1n) is 8.85. The maximum atomic E-state index is 13.4. The molecule has 2 aromatic carbocycles. The van der Waals surface area contributed by atoms with E-state index in [2.05, 4.69) is 15.3 Å². The van der Waals surface area contributed by atoms with E-state index in [0.717, 1.165) is 5.69 Å². The molecule has 152 valence electrons. The monoisotopic (exact) mass is 462 g/mol. The number of nitrogens with one attached hydrogen (secondary N) is 1. The molecule has 0 saturated heterocycles. The number of pyridine rings is 1. The minimum atomic E-state index is -1.91. The van der Waals surface area contributed by atoms with E-state index in [9.17, 15) is 9.18 Å². The van der Waals surface area contributed by atoms with Gasteiger partial charge in [-0.3, -0.25) is 9.36 Å². The Morgan fingerprint density at radius 2 is 1.67 bits per heavy atom. The molecule has 4 rings (SSSR count). The molecule has 2 heterocycles. The lowest BCUT2D eigenvalue weighted by molar-refractivity contribution is 0.585. The smallest absolute Gasteiger partial charge is 0.252 e. The predicted molar refractivity (Wildman–Crippen MR) is 118 cm³/mol. The summed E-state index contributed by atoms with van der Waals surface area (Å²) in [6.07, 6.45) is 1.57. The summed E-state index contributed by atoms with van der Waals surface area (Å²) in [5, 5.41) is 3.66. The van der Waals surface area contributed by atoms with E-state index < -0.39 is 21.2 Å². The number of halogens is 4. The maximum absolute atomic E-state index is 13.4. The number of hydrogen-bond donors (Lipinski definition) is 1. The van der Waals surface area contributed by atoms with E-state index in [1.165, 1.54) is 34.9 Å². The molecule has 1 N–H and O–H groups in total. The van der Waals surface area contributed by atoms with Gasteiger partial charge in [-0.2, -0.15) is 4.98 Å². The van der Waals surface area contributed by atoms with Crippen LogP contribution in [0.3, 0.4) is 0 Å². The zero-order chi connectivity index (χ0) is 21.3. The first-order chi connectivity index (χ1) is 14.3. The topological polar surface area (TPSA) is 59.8 Å². The van der Waals surface area contributed by atoms with Gasteiger partial charge >= 0.3 is 0 Å². The van der Waals surface area contributed by atoms with Crippen LogP contribution in [0.5, 0.6) is 0 Å². The third-order valence-corrected chi connectivity index (χ3v) is 5.07. The van der Waals surface area contributed by atoms with Crippen molar-refractivity contribution < 1.29 is 4.39 Å². The van der Waals surface area contributed by atoms with Gasteiger partial charge in [0, 0.05) is 23.3 Å². The van der Waals surface area contributed by atoms with Gasteiger partial charge in [0.05, 0.1) is 0 Å². The number of nitrogens with zero attached hydrogens (tertiary/aromatic N) is 3. The number of para-hydroxylation sites is 1. The molecular formula is C21H14Cl3FN4O. The Bertz CT molecular complexity index is 1240. The van der Waals surface area contributed by atoms with Crippen molar-refractivity contribution in [2.45, 2.75) is 9.83 Å². The van der Waals surface area contributed by atoms with Crippen molar-refractivity contribution in [3.63, 3.8) is 0 Å². The van der Waals surface area contributed by atoms with Crippen LogP contribution in [0.4, 0.5) is 16.0 Å². The van der Waals surface area contributed by atoms with E-state index in [1.54, 1.807) is 12.3 Å². The van der Waals surface area contributed by atoms with Crippen LogP contribution in [-0.2, 0) is 0 Å². The molecule has 9 heteroatoms. The van der Waals surface area contributed by atoms with Crippen molar-refractivity contribution >= 4 is 57.5 Å². The van der Waals surface area contributed by atoms with E-state index in [-0.39, 0.29) is 11.6 Å². The van der Waals surface area contributed by atoms with Crippen LogP contribution in [0.1, 0.15) is 11.6 Å². The number of rotatable bonds is 4. The molecule has 0 spiro atoms. The average Bonchev–Trinajstić information content (AvgIpc) is 2.71. The Labute approximate surface area is 186 Å². The molecule has 5 nitrogen and oxygen atoms in total. The second-order valence-corrected chi connectivity index (χ2v) is 8.87. The van der Waals surface area contributed by atoms with Crippen molar-refractivity contribution in [1.29, 1.82) is 0 Å². The van der Waals surface area contributed by atoms with Crippen LogP contribution in [0.15, 0.2) is 77.7 Å². The zero-order valence-corrected chi connectivity index (χ0v) is 17.5. The number of benzene rings is 2. The van der Waals surface area contributed by atoms with Gasteiger partial charge in [0.25, 0.3) is 5.56 Å². The molecule has 0 aliphatic rings. The van der Waals surface area contributed by atoms with Gasteiger partial charge in [-0.05, 0) is 35.9 Å². The highest BCUT2D eigenvalue weighted by Crippen LogP contribution is 2.42. The lowest BCUT2D eigenvalue weighted by atomic mass is 10.1. The van der Waals surface area contributed by atoms with Gasteiger partial charge in [0.2, 0.25) is 9.74 Å². The van der Waals surface area contributed by atoms with Crippen LogP contribution in [-0.4, -0.2) is 18.3 Å². The maximum Gasteiger partial charge on any atom is 0.252 e. The number of anilines is 2. The fourth-order valence-electron chi connectivity index (χ4n) is 3.13. The van der Waals surface area contributed by atoms with E-state index in [0.29, 0.717) is 10.9 Å². The Morgan fingerprint density at radius 3 is 2.33 bits per heavy atom. The van der Waals surface area contributed by atoms with Gasteiger partial charge < -0.3 is 5.32 Å². The molecule has 0 aliphatic carbocycles. The van der Waals surface area contributed by atoms with E-state index >= 15 is 0 Å². The summed E-state index contributed by atoms with van der Waals surface area (Å²) in [4.78, 5) is 21.7. The van der Waals surface area contributed by atoms with Crippen molar-refractivity contribution in [2.24, 2.45) is 0 Å². The quantitative estimate of drug-likeness (QED) is 0.398. The molecule has 4 aromatic rings. The summed E-state index contributed by atoms with van der Waals surface area (Å²) in [5.74, 6) is -0.168. The Kier molecular flexibility index (Phi) is 5.64. The SMILES string of the molecule is O=c1ccc2cnc(Nc3ccccc3)nc2n1C(c1ccc(F)cc1)C(Cl)(Cl)Cl. The summed E-state index contributed by atoms with van der Waals surface area (Å²) in [6, 6.07) is 16.7. The largest absolute Gasteiger partial charge is 0.324 e. The van der Waals surface area contributed by atoms with Crippen molar-refractivity contribution in [3.8, 4) is 0 Å². The average molecular weight is 464 g/mol. The number of hydrogen-bond acceptors (Lipinski definition) is 4. The Hall–Kier alpha value is -2.67. The highest BCUT2D eigenvalue weighted by Gasteiger charge is 2.37. The van der Waals surface area contributed by atoms with Gasteiger partial charge in [0.15, 0.2) is 0 Å². The molecule has 0 saturated carbocycles. The standard InChI is InChI=1S/C21H14Cl3FN4O/c22-21(23,24)18(13-6-9-15(25)10-7-13)29-17(30)11-8-14-12-26-20(28-19(14)29)27-16-4-2-1-3-5-16/h1-12,18H,(H,26,27,28). The Morgan fingerprint density at radius 1 is 0.967 bits per heavy atom. The molecule has 1 atom stereocenters. The molecule has 2 aromatic heterocycles. The summed E-state index contributed by atoms with van der Waals surface area (Å²) in [5.41, 5.74) is 1.07. The molecule has 0 amide bonds. The number of aromatic nitrogens is 3.